The molecule has 2 unspecified atom stereocenters. The number of morpholine rings is 1. The van der Waals surface area contributed by atoms with E-state index < -0.39 is 0 Å². The predicted molar refractivity (Wildman–Crippen MR) is 119 cm³/mol. The van der Waals surface area contributed by atoms with E-state index in [9.17, 15) is 0 Å². The molecule has 0 radical (unpaired) electrons. The molecule has 6 nitrogen and oxygen atoms in total. The van der Waals surface area contributed by atoms with Gasteiger partial charge in [-0.1, -0.05) is 23.7 Å². The fraction of sp³-hybridized carbons (Fsp3) is 0.682. The fourth-order valence-corrected chi connectivity index (χ4v) is 5.12. The standard InChI is InChI=1S/C22H34ClN5O/c1-24-22(28-10-7-20(17-28)26-11-13-29-14-12-26)25-16-21(27-8-2-3-9-27)18-5-4-6-19(23)15-18/h4-6,15,20-21H,2-3,7-14,16-17H2,1H3,(H,24,25). The van der Waals surface area contributed by atoms with Crippen molar-refractivity contribution in [2.24, 2.45) is 4.99 Å². The Morgan fingerprint density at radius 1 is 1.21 bits per heavy atom. The lowest BCUT2D eigenvalue weighted by Gasteiger charge is -2.33. The van der Waals surface area contributed by atoms with Crippen LogP contribution in [-0.2, 0) is 4.74 Å². The molecule has 160 valence electrons. The number of likely N-dealkylation sites (tertiary alicyclic amines) is 2. The monoisotopic (exact) mass is 419 g/mol. The minimum Gasteiger partial charge on any atom is -0.379 e. The molecule has 0 aromatic heterocycles. The fourth-order valence-electron chi connectivity index (χ4n) is 4.92. The molecular formula is C22H34ClN5O. The first kappa shape index (κ1) is 20.9. The number of guanidine groups is 1. The zero-order valence-electron chi connectivity index (χ0n) is 17.5. The van der Waals surface area contributed by atoms with Crippen molar-refractivity contribution in [1.29, 1.82) is 0 Å². The van der Waals surface area contributed by atoms with Crippen molar-refractivity contribution in [3.05, 3.63) is 34.9 Å². The molecule has 3 heterocycles. The molecule has 0 aliphatic carbocycles. The Bertz CT molecular complexity index is 688. The van der Waals surface area contributed by atoms with Gasteiger partial charge in [0.1, 0.15) is 0 Å². The first-order chi connectivity index (χ1) is 14.2. The van der Waals surface area contributed by atoms with Gasteiger partial charge in [0.05, 0.1) is 19.3 Å². The van der Waals surface area contributed by atoms with E-state index in [2.05, 4.69) is 43.2 Å². The van der Waals surface area contributed by atoms with Crippen molar-refractivity contribution in [2.45, 2.75) is 31.3 Å². The summed E-state index contributed by atoms with van der Waals surface area (Å²) in [5.41, 5.74) is 1.29. The van der Waals surface area contributed by atoms with E-state index in [4.69, 9.17) is 16.3 Å². The molecular weight excluding hydrogens is 386 g/mol. The Morgan fingerprint density at radius 3 is 2.72 bits per heavy atom. The molecule has 3 aliphatic heterocycles. The summed E-state index contributed by atoms with van der Waals surface area (Å²) in [5.74, 6) is 1.02. The van der Waals surface area contributed by atoms with E-state index >= 15 is 0 Å². The van der Waals surface area contributed by atoms with Crippen LogP contribution in [0.3, 0.4) is 0 Å². The molecule has 0 amide bonds. The topological polar surface area (TPSA) is 43.3 Å². The van der Waals surface area contributed by atoms with Crippen LogP contribution in [0.5, 0.6) is 0 Å². The Kier molecular flexibility index (Phi) is 7.29. The van der Waals surface area contributed by atoms with E-state index in [0.717, 1.165) is 70.0 Å². The third kappa shape index (κ3) is 5.23. The average Bonchev–Trinajstić information content (AvgIpc) is 3.44. The number of halogens is 1. The number of benzene rings is 1. The second-order valence-corrected chi connectivity index (χ2v) is 8.72. The molecule has 1 aromatic carbocycles. The zero-order valence-corrected chi connectivity index (χ0v) is 18.3. The number of rotatable bonds is 5. The van der Waals surface area contributed by atoms with E-state index in [1.807, 2.05) is 13.1 Å². The maximum atomic E-state index is 6.29. The van der Waals surface area contributed by atoms with Gasteiger partial charge in [-0.3, -0.25) is 14.8 Å². The van der Waals surface area contributed by atoms with Gasteiger partial charge in [-0.15, -0.1) is 0 Å². The zero-order chi connectivity index (χ0) is 20.1. The van der Waals surface area contributed by atoms with Crippen LogP contribution in [-0.4, -0.2) is 92.8 Å². The van der Waals surface area contributed by atoms with Crippen LogP contribution in [0.25, 0.3) is 0 Å². The van der Waals surface area contributed by atoms with Gasteiger partial charge < -0.3 is 15.0 Å². The maximum Gasteiger partial charge on any atom is 0.193 e. The molecule has 3 fully saturated rings. The normalized spacial score (nSPS) is 25.5. The van der Waals surface area contributed by atoms with Gasteiger partial charge in [0.25, 0.3) is 0 Å². The summed E-state index contributed by atoms with van der Waals surface area (Å²) in [5, 5.41) is 4.49. The van der Waals surface area contributed by atoms with E-state index in [1.54, 1.807) is 0 Å². The van der Waals surface area contributed by atoms with Crippen molar-refractivity contribution >= 4 is 17.6 Å². The highest BCUT2D eigenvalue weighted by atomic mass is 35.5. The molecule has 3 aliphatic rings. The van der Waals surface area contributed by atoms with Crippen LogP contribution in [0.4, 0.5) is 0 Å². The first-order valence-corrected chi connectivity index (χ1v) is 11.4. The van der Waals surface area contributed by atoms with Crippen LogP contribution < -0.4 is 5.32 Å². The van der Waals surface area contributed by atoms with Gasteiger partial charge in [-0.2, -0.15) is 0 Å². The van der Waals surface area contributed by atoms with Gasteiger partial charge in [0.15, 0.2) is 5.96 Å². The summed E-state index contributed by atoms with van der Waals surface area (Å²) in [7, 11) is 1.90. The van der Waals surface area contributed by atoms with Gasteiger partial charge in [-0.25, -0.2) is 0 Å². The third-order valence-electron chi connectivity index (χ3n) is 6.51. The van der Waals surface area contributed by atoms with E-state index in [1.165, 1.54) is 24.8 Å². The van der Waals surface area contributed by atoms with Gasteiger partial charge in [0.2, 0.25) is 0 Å². The van der Waals surface area contributed by atoms with Gasteiger partial charge >= 0.3 is 0 Å². The summed E-state index contributed by atoms with van der Waals surface area (Å²) < 4.78 is 5.51. The second-order valence-electron chi connectivity index (χ2n) is 8.28. The number of hydrogen-bond donors (Lipinski definition) is 1. The highest BCUT2D eigenvalue weighted by molar-refractivity contribution is 6.30. The number of ether oxygens (including phenoxy) is 1. The molecule has 29 heavy (non-hydrogen) atoms. The molecule has 0 spiro atoms. The van der Waals surface area contributed by atoms with E-state index in [0.29, 0.717) is 12.1 Å². The van der Waals surface area contributed by atoms with Crippen molar-refractivity contribution in [3.8, 4) is 0 Å². The largest absolute Gasteiger partial charge is 0.379 e. The molecule has 0 saturated carbocycles. The number of nitrogens with one attached hydrogen (secondary N) is 1. The number of nitrogens with zero attached hydrogens (tertiary/aromatic N) is 4. The lowest BCUT2D eigenvalue weighted by Crippen LogP contribution is -2.47. The summed E-state index contributed by atoms with van der Waals surface area (Å²) in [6.07, 6.45) is 3.75. The predicted octanol–water partition coefficient (Wildman–Crippen LogP) is 2.46. The Labute approximate surface area is 179 Å². The van der Waals surface area contributed by atoms with Crippen molar-refractivity contribution in [3.63, 3.8) is 0 Å². The summed E-state index contributed by atoms with van der Waals surface area (Å²) >= 11 is 6.29. The maximum absolute atomic E-state index is 6.29. The van der Waals surface area contributed by atoms with Gasteiger partial charge in [-0.05, 0) is 50.0 Å². The molecule has 1 N–H and O–H groups in total. The Hall–Kier alpha value is -1.34. The third-order valence-corrected chi connectivity index (χ3v) is 6.74. The van der Waals surface area contributed by atoms with Crippen molar-refractivity contribution in [2.75, 3.05) is 66.1 Å². The molecule has 1 aromatic rings. The lowest BCUT2D eigenvalue weighted by atomic mass is 10.1. The van der Waals surface area contributed by atoms with Crippen molar-refractivity contribution in [1.82, 2.24) is 20.0 Å². The summed E-state index contributed by atoms with van der Waals surface area (Å²) in [6, 6.07) is 9.26. The van der Waals surface area contributed by atoms with Gasteiger partial charge in [0, 0.05) is 50.8 Å². The highest BCUT2D eigenvalue weighted by Gasteiger charge is 2.31. The van der Waals surface area contributed by atoms with Crippen LogP contribution in [0.1, 0.15) is 30.9 Å². The van der Waals surface area contributed by atoms with Crippen LogP contribution >= 0.6 is 11.6 Å². The van der Waals surface area contributed by atoms with Crippen LogP contribution in [0, 0.1) is 0 Å². The lowest BCUT2D eigenvalue weighted by molar-refractivity contribution is 0.0194. The van der Waals surface area contributed by atoms with E-state index in [-0.39, 0.29) is 0 Å². The summed E-state index contributed by atoms with van der Waals surface area (Å²) in [4.78, 5) is 12.2. The number of aliphatic imine (C=N–C) groups is 1. The molecule has 2 atom stereocenters. The minimum absolute atomic E-state index is 0.325. The summed E-state index contributed by atoms with van der Waals surface area (Å²) in [6.45, 7) is 9.10. The smallest absolute Gasteiger partial charge is 0.193 e. The Morgan fingerprint density at radius 2 is 2.00 bits per heavy atom. The van der Waals surface area contributed by atoms with Crippen LogP contribution in [0.2, 0.25) is 5.02 Å². The second kappa shape index (κ2) is 10.1. The highest BCUT2D eigenvalue weighted by Crippen LogP contribution is 2.26. The quantitative estimate of drug-likeness (QED) is 0.586. The molecule has 7 heteroatoms. The van der Waals surface area contributed by atoms with Crippen LogP contribution in [0.15, 0.2) is 29.3 Å². The van der Waals surface area contributed by atoms with Crippen molar-refractivity contribution < 1.29 is 4.74 Å². The minimum atomic E-state index is 0.325. The average molecular weight is 420 g/mol. The molecule has 3 saturated heterocycles. The first-order valence-electron chi connectivity index (χ1n) is 11.0. The number of hydrogen-bond acceptors (Lipinski definition) is 4. The molecule has 0 bridgehead atoms. The molecule has 4 rings (SSSR count). The Balaban J connectivity index is 1.38. The SMILES string of the molecule is CN=C(NCC(c1cccc(Cl)c1)N1CCCC1)N1CCC(N2CCOCC2)C1.